The van der Waals surface area contributed by atoms with Crippen molar-refractivity contribution in [3.8, 4) is 5.75 Å². The van der Waals surface area contributed by atoms with Crippen molar-refractivity contribution in [2.75, 3.05) is 11.9 Å². The van der Waals surface area contributed by atoms with E-state index in [1.807, 2.05) is 0 Å². The zero-order chi connectivity index (χ0) is 17.0. The van der Waals surface area contributed by atoms with Crippen molar-refractivity contribution >= 4 is 45.1 Å². The van der Waals surface area contributed by atoms with Crippen LogP contribution in [0.3, 0.4) is 0 Å². The van der Waals surface area contributed by atoms with Gasteiger partial charge in [-0.15, -0.1) is 0 Å². The fourth-order valence-corrected chi connectivity index (χ4v) is 2.16. The lowest BCUT2D eigenvalue weighted by molar-refractivity contribution is -0.119. The highest BCUT2D eigenvalue weighted by molar-refractivity contribution is 9.10. The molecule has 0 fully saturated rings. The third kappa shape index (κ3) is 4.67. The summed E-state index contributed by atoms with van der Waals surface area (Å²) in [5.41, 5.74) is -0.208. The Morgan fingerprint density at radius 1 is 1.26 bits per heavy atom. The van der Waals surface area contributed by atoms with E-state index in [1.165, 1.54) is 30.3 Å². The van der Waals surface area contributed by atoms with Gasteiger partial charge in [0.1, 0.15) is 17.1 Å². The number of ether oxygens (including phenoxy) is 1. The molecule has 2 aromatic rings. The summed E-state index contributed by atoms with van der Waals surface area (Å²) in [5, 5.41) is 12.1. The summed E-state index contributed by atoms with van der Waals surface area (Å²) in [7, 11) is 0. The molecule has 0 heterocycles. The SMILES string of the molecule is O=C(COC(=O)c1cc(Cl)ccc1O)Nc1ccc(Br)cc1F. The Bertz CT molecular complexity index is 769. The highest BCUT2D eigenvalue weighted by Crippen LogP contribution is 2.22. The molecule has 2 aromatic carbocycles. The number of hydrogen-bond acceptors (Lipinski definition) is 4. The van der Waals surface area contributed by atoms with Crippen LogP contribution in [0.15, 0.2) is 40.9 Å². The number of aromatic hydroxyl groups is 1. The van der Waals surface area contributed by atoms with Gasteiger partial charge < -0.3 is 15.2 Å². The maximum Gasteiger partial charge on any atom is 0.342 e. The number of esters is 1. The number of nitrogens with one attached hydrogen (secondary N) is 1. The molecule has 0 atom stereocenters. The van der Waals surface area contributed by atoms with E-state index in [2.05, 4.69) is 21.2 Å². The smallest absolute Gasteiger partial charge is 0.342 e. The lowest BCUT2D eigenvalue weighted by Gasteiger charge is -2.08. The monoisotopic (exact) mass is 401 g/mol. The summed E-state index contributed by atoms with van der Waals surface area (Å²) >= 11 is 8.81. The van der Waals surface area contributed by atoms with Gasteiger partial charge in [0.2, 0.25) is 0 Å². The van der Waals surface area contributed by atoms with Crippen molar-refractivity contribution in [3.63, 3.8) is 0 Å². The average molecular weight is 403 g/mol. The van der Waals surface area contributed by atoms with Crippen LogP contribution in [-0.4, -0.2) is 23.6 Å². The molecule has 120 valence electrons. The number of carbonyl (C=O) groups is 2. The molecule has 0 saturated heterocycles. The quantitative estimate of drug-likeness (QED) is 0.764. The molecule has 0 aliphatic rings. The molecule has 0 aromatic heterocycles. The van der Waals surface area contributed by atoms with Gasteiger partial charge in [0, 0.05) is 9.50 Å². The molecule has 0 spiro atoms. The minimum absolute atomic E-state index is 0.0418. The largest absolute Gasteiger partial charge is 0.507 e. The van der Waals surface area contributed by atoms with Gasteiger partial charge in [-0.05, 0) is 36.4 Å². The summed E-state index contributed by atoms with van der Waals surface area (Å²) in [6.45, 7) is -0.639. The van der Waals surface area contributed by atoms with Crippen LogP contribution in [-0.2, 0) is 9.53 Å². The predicted molar refractivity (Wildman–Crippen MR) is 86.1 cm³/mol. The standard InChI is InChI=1S/C15H10BrClFNO4/c16-8-1-3-12(11(18)5-8)19-14(21)7-23-15(22)10-6-9(17)2-4-13(10)20/h1-6,20H,7H2,(H,19,21). The molecule has 0 bridgehead atoms. The van der Waals surface area contributed by atoms with Gasteiger partial charge >= 0.3 is 5.97 Å². The number of hydrogen-bond donors (Lipinski definition) is 2. The van der Waals surface area contributed by atoms with Crippen molar-refractivity contribution in [3.05, 3.63) is 57.3 Å². The summed E-state index contributed by atoms with van der Waals surface area (Å²) in [6.07, 6.45) is 0. The number of amides is 1. The van der Waals surface area contributed by atoms with Crippen molar-refractivity contribution < 1.29 is 23.8 Å². The minimum Gasteiger partial charge on any atom is -0.507 e. The first-order valence-corrected chi connectivity index (χ1v) is 7.44. The molecule has 2 rings (SSSR count). The van der Waals surface area contributed by atoms with E-state index in [0.717, 1.165) is 0 Å². The Hall–Kier alpha value is -2.12. The number of anilines is 1. The average Bonchev–Trinajstić information content (AvgIpc) is 2.50. The molecular weight excluding hydrogens is 393 g/mol. The zero-order valence-electron chi connectivity index (χ0n) is 11.5. The Labute approximate surface area is 144 Å². The van der Waals surface area contributed by atoms with Gasteiger partial charge in [-0.3, -0.25) is 4.79 Å². The normalized spacial score (nSPS) is 10.2. The Balaban J connectivity index is 1.96. The second-order valence-electron chi connectivity index (χ2n) is 4.41. The number of phenolic OH excluding ortho intramolecular Hbond substituents is 1. The van der Waals surface area contributed by atoms with Crippen LogP contribution in [0.4, 0.5) is 10.1 Å². The highest BCUT2D eigenvalue weighted by Gasteiger charge is 2.15. The van der Waals surface area contributed by atoms with Crippen molar-refractivity contribution in [2.45, 2.75) is 0 Å². The van der Waals surface area contributed by atoms with Gasteiger partial charge in [-0.2, -0.15) is 0 Å². The molecule has 0 unspecified atom stereocenters. The van der Waals surface area contributed by atoms with Crippen molar-refractivity contribution in [1.29, 1.82) is 0 Å². The van der Waals surface area contributed by atoms with Crippen LogP contribution in [0.5, 0.6) is 5.75 Å². The van der Waals surface area contributed by atoms with Crippen LogP contribution < -0.4 is 5.32 Å². The molecule has 0 saturated carbocycles. The zero-order valence-corrected chi connectivity index (χ0v) is 13.8. The number of phenols is 1. The maximum absolute atomic E-state index is 13.6. The second-order valence-corrected chi connectivity index (χ2v) is 5.76. The summed E-state index contributed by atoms with van der Waals surface area (Å²) < 4.78 is 18.9. The van der Waals surface area contributed by atoms with Crippen LogP contribution in [0.2, 0.25) is 5.02 Å². The predicted octanol–water partition coefficient (Wildman–Crippen LogP) is 3.74. The number of carbonyl (C=O) groups excluding carboxylic acids is 2. The van der Waals surface area contributed by atoms with Crippen molar-refractivity contribution in [1.82, 2.24) is 0 Å². The Kier molecular flexibility index (Phi) is 5.57. The van der Waals surface area contributed by atoms with Crippen LogP contribution in [0, 0.1) is 5.82 Å². The minimum atomic E-state index is -0.920. The van der Waals surface area contributed by atoms with Gasteiger partial charge in [0.15, 0.2) is 6.61 Å². The second kappa shape index (κ2) is 7.43. The van der Waals surface area contributed by atoms with E-state index in [4.69, 9.17) is 16.3 Å². The maximum atomic E-state index is 13.6. The van der Waals surface area contributed by atoms with Gasteiger partial charge in [-0.25, -0.2) is 9.18 Å². The number of halogens is 3. The van der Waals surface area contributed by atoms with Crippen LogP contribution in [0.25, 0.3) is 0 Å². The first-order valence-electron chi connectivity index (χ1n) is 6.27. The molecule has 23 heavy (non-hydrogen) atoms. The van der Waals surface area contributed by atoms with E-state index < -0.39 is 24.3 Å². The lowest BCUT2D eigenvalue weighted by Crippen LogP contribution is -2.21. The molecule has 2 N–H and O–H groups in total. The summed E-state index contributed by atoms with van der Waals surface area (Å²) in [5.74, 6) is -2.59. The lowest BCUT2D eigenvalue weighted by atomic mass is 10.2. The fraction of sp³-hybridized carbons (Fsp3) is 0.0667. The molecule has 1 amide bonds. The molecule has 0 radical (unpaired) electrons. The molecule has 8 heteroatoms. The van der Waals surface area contributed by atoms with Crippen molar-refractivity contribution in [2.24, 2.45) is 0 Å². The number of rotatable bonds is 4. The highest BCUT2D eigenvalue weighted by atomic mass is 79.9. The number of benzene rings is 2. The Morgan fingerprint density at radius 2 is 2.00 bits per heavy atom. The molecular formula is C15H10BrClFNO4. The molecule has 0 aliphatic heterocycles. The third-order valence-electron chi connectivity index (χ3n) is 2.72. The topological polar surface area (TPSA) is 75.6 Å². The van der Waals surface area contributed by atoms with Gasteiger partial charge in [0.25, 0.3) is 5.91 Å². The summed E-state index contributed by atoms with van der Waals surface area (Å²) in [4.78, 5) is 23.5. The van der Waals surface area contributed by atoms with E-state index >= 15 is 0 Å². The fourth-order valence-electron chi connectivity index (χ4n) is 1.66. The Morgan fingerprint density at radius 3 is 2.70 bits per heavy atom. The van der Waals surface area contributed by atoms with Gasteiger partial charge in [-0.1, -0.05) is 27.5 Å². The van der Waals surface area contributed by atoms with E-state index in [1.54, 1.807) is 6.07 Å². The molecule has 0 aliphatic carbocycles. The van der Waals surface area contributed by atoms with Crippen LogP contribution in [0.1, 0.15) is 10.4 Å². The van der Waals surface area contributed by atoms with E-state index in [-0.39, 0.29) is 22.0 Å². The molecule has 5 nitrogen and oxygen atoms in total. The first kappa shape index (κ1) is 17.2. The van der Waals surface area contributed by atoms with Gasteiger partial charge in [0.05, 0.1) is 5.69 Å². The van der Waals surface area contributed by atoms with Crippen LogP contribution >= 0.6 is 27.5 Å². The van der Waals surface area contributed by atoms with E-state index in [0.29, 0.717) is 4.47 Å². The summed E-state index contributed by atoms with van der Waals surface area (Å²) in [6, 6.07) is 7.95. The third-order valence-corrected chi connectivity index (χ3v) is 3.45. The first-order chi connectivity index (χ1) is 10.9. The van der Waals surface area contributed by atoms with E-state index in [9.17, 15) is 19.1 Å².